The molecule has 38 heavy (non-hydrogen) atoms. The van der Waals surface area contributed by atoms with Crippen LogP contribution >= 0.6 is 11.3 Å². The van der Waals surface area contributed by atoms with Crippen molar-refractivity contribution in [1.29, 1.82) is 5.26 Å². The van der Waals surface area contributed by atoms with Crippen LogP contribution in [0.15, 0.2) is 64.8 Å². The van der Waals surface area contributed by atoms with Crippen molar-refractivity contribution in [2.24, 2.45) is 0 Å². The summed E-state index contributed by atoms with van der Waals surface area (Å²) in [4.78, 5) is 24.8. The molecule has 194 valence electrons. The number of methoxy groups -OCH3 is 1. The van der Waals surface area contributed by atoms with Crippen LogP contribution < -0.4 is 5.56 Å². The zero-order chi connectivity index (χ0) is 27.6. The van der Waals surface area contributed by atoms with Gasteiger partial charge in [-0.25, -0.2) is 8.78 Å². The van der Waals surface area contributed by atoms with Gasteiger partial charge in [-0.15, -0.1) is 11.3 Å². The van der Waals surface area contributed by atoms with E-state index in [0.29, 0.717) is 28.8 Å². The van der Waals surface area contributed by atoms with Gasteiger partial charge in [0.15, 0.2) is 0 Å². The normalized spacial score (nSPS) is 11.3. The van der Waals surface area contributed by atoms with Crippen molar-refractivity contribution in [3.8, 4) is 27.8 Å². The fraction of sp³-hybridized carbons (Fsp3) is 0.148. The molecule has 2 aromatic heterocycles. The lowest BCUT2D eigenvalue weighted by Crippen LogP contribution is -2.28. The lowest BCUT2D eigenvalue weighted by atomic mass is 10.0. The fourth-order valence-corrected chi connectivity index (χ4v) is 4.78. The van der Waals surface area contributed by atoms with Gasteiger partial charge in [-0.05, 0) is 40.3 Å². The summed E-state index contributed by atoms with van der Waals surface area (Å²) in [6.45, 7) is -0.525. The van der Waals surface area contributed by atoms with E-state index in [1.807, 2.05) is 0 Å². The Kier molecular flexibility index (Phi) is 7.46. The van der Waals surface area contributed by atoms with Crippen LogP contribution in [0, 0.1) is 23.0 Å². The van der Waals surface area contributed by atoms with Gasteiger partial charge in [0.2, 0.25) is 0 Å². The number of alkyl halides is 3. The molecule has 11 heteroatoms. The summed E-state index contributed by atoms with van der Waals surface area (Å²) in [6, 6.07) is 13.1. The Hall–Kier alpha value is -4.30. The predicted octanol–water partition coefficient (Wildman–Crippen LogP) is 6.18. The Balaban J connectivity index is 1.83. The van der Waals surface area contributed by atoms with Crippen molar-refractivity contribution in [3.05, 3.63) is 104 Å². The SMILES string of the molecule is COC(=O)Cc1ccc(-c2csc(-c3cc(C(F)(F)F)c(C#N)c(=O)n3Cc3ccc(F)cc3F)c2)cc1. The number of halogens is 5. The molecule has 0 saturated heterocycles. The van der Waals surface area contributed by atoms with Crippen molar-refractivity contribution in [2.75, 3.05) is 7.11 Å². The minimum Gasteiger partial charge on any atom is -0.469 e. The van der Waals surface area contributed by atoms with Crippen LogP contribution in [0.4, 0.5) is 22.0 Å². The molecule has 0 unspecified atom stereocenters. The summed E-state index contributed by atoms with van der Waals surface area (Å²) in [5.41, 5.74) is -2.07. The van der Waals surface area contributed by atoms with Crippen molar-refractivity contribution in [1.82, 2.24) is 4.57 Å². The van der Waals surface area contributed by atoms with Gasteiger partial charge in [0.05, 0.1) is 36.2 Å². The Morgan fingerprint density at radius 3 is 2.37 bits per heavy atom. The fourth-order valence-electron chi connectivity index (χ4n) is 3.84. The molecule has 0 amide bonds. The lowest BCUT2D eigenvalue weighted by Gasteiger charge is -2.17. The first kappa shape index (κ1) is 26.8. The number of carbonyl (C=O) groups is 1. The molecule has 0 aliphatic heterocycles. The molecule has 0 saturated carbocycles. The highest BCUT2D eigenvalue weighted by molar-refractivity contribution is 7.14. The number of nitriles is 1. The van der Waals surface area contributed by atoms with Crippen LogP contribution in [0.3, 0.4) is 0 Å². The number of hydrogen-bond donors (Lipinski definition) is 0. The maximum atomic E-state index is 14.4. The van der Waals surface area contributed by atoms with E-state index in [0.717, 1.165) is 28.0 Å². The van der Waals surface area contributed by atoms with Gasteiger partial charge in [-0.1, -0.05) is 30.3 Å². The third-order valence-electron chi connectivity index (χ3n) is 5.78. The summed E-state index contributed by atoms with van der Waals surface area (Å²) in [5.74, 6) is -2.25. The van der Waals surface area contributed by atoms with Crippen LogP contribution in [-0.4, -0.2) is 17.6 Å². The highest BCUT2D eigenvalue weighted by Crippen LogP contribution is 2.37. The monoisotopic (exact) mass is 544 g/mol. The molecular weight excluding hydrogens is 527 g/mol. The van der Waals surface area contributed by atoms with Gasteiger partial charge < -0.3 is 9.30 Å². The quantitative estimate of drug-likeness (QED) is 0.215. The number of rotatable bonds is 6. The molecule has 0 spiro atoms. The number of benzene rings is 2. The molecule has 4 rings (SSSR count). The van der Waals surface area contributed by atoms with Gasteiger partial charge in [-0.2, -0.15) is 18.4 Å². The van der Waals surface area contributed by atoms with Gasteiger partial charge >= 0.3 is 12.1 Å². The second-order valence-corrected chi connectivity index (χ2v) is 9.12. The summed E-state index contributed by atoms with van der Waals surface area (Å²) in [6.07, 6.45) is -4.92. The van der Waals surface area contributed by atoms with Crippen LogP contribution in [0.2, 0.25) is 0 Å². The van der Waals surface area contributed by atoms with E-state index in [-0.39, 0.29) is 22.6 Å². The van der Waals surface area contributed by atoms with Crippen LogP contribution in [0.1, 0.15) is 22.3 Å². The first-order valence-electron chi connectivity index (χ1n) is 11.0. The molecule has 5 nitrogen and oxygen atoms in total. The summed E-state index contributed by atoms with van der Waals surface area (Å²) < 4.78 is 74.6. The minimum atomic E-state index is -4.99. The molecule has 2 aromatic carbocycles. The van der Waals surface area contributed by atoms with E-state index in [2.05, 4.69) is 4.74 Å². The molecule has 0 aliphatic carbocycles. The standard InChI is InChI=1S/C27H17F5N2O3S/c1-37-25(35)8-15-2-4-16(5-3-15)18-9-24(38-14-18)23-11-21(27(30,31)32)20(12-33)26(36)34(23)13-17-6-7-19(28)10-22(17)29/h2-7,9-11,14H,8,13H2,1H3. The Morgan fingerprint density at radius 2 is 1.76 bits per heavy atom. The van der Waals surface area contributed by atoms with Crippen molar-refractivity contribution in [3.63, 3.8) is 0 Å². The molecule has 4 aromatic rings. The molecule has 2 heterocycles. The number of aromatic nitrogens is 1. The number of pyridine rings is 1. The van der Waals surface area contributed by atoms with Gasteiger partial charge in [0.1, 0.15) is 23.3 Å². The van der Waals surface area contributed by atoms with E-state index in [9.17, 15) is 36.8 Å². The lowest BCUT2D eigenvalue weighted by molar-refractivity contribution is -0.140. The van der Waals surface area contributed by atoms with Crippen molar-refractivity contribution >= 4 is 17.3 Å². The van der Waals surface area contributed by atoms with Crippen LogP contribution in [-0.2, 0) is 28.7 Å². The Morgan fingerprint density at radius 1 is 1.05 bits per heavy atom. The third kappa shape index (κ3) is 5.50. The molecule has 0 aliphatic rings. The number of esters is 1. The summed E-state index contributed by atoms with van der Waals surface area (Å²) >= 11 is 1.05. The predicted molar refractivity (Wildman–Crippen MR) is 130 cm³/mol. The second kappa shape index (κ2) is 10.6. The maximum Gasteiger partial charge on any atom is 0.417 e. The van der Waals surface area contributed by atoms with Gasteiger partial charge in [-0.3, -0.25) is 9.59 Å². The average molecular weight is 545 g/mol. The third-order valence-corrected chi connectivity index (χ3v) is 6.73. The topological polar surface area (TPSA) is 72.1 Å². The van der Waals surface area contributed by atoms with E-state index < -0.39 is 47.0 Å². The molecular formula is C27H17F5N2O3S. The zero-order valence-corrected chi connectivity index (χ0v) is 20.4. The van der Waals surface area contributed by atoms with Crippen molar-refractivity contribution in [2.45, 2.75) is 19.1 Å². The summed E-state index contributed by atoms with van der Waals surface area (Å²) in [5, 5.41) is 11.0. The minimum absolute atomic E-state index is 0.0728. The Bertz CT molecular complexity index is 1620. The number of ether oxygens (including phenoxy) is 1. The largest absolute Gasteiger partial charge is 0.469 e. The average Bonchev–Trinajstić information content (AvgIpc) is 3.36. The molecule has 0 bridgehead atoms. The number of thiophene rings is 1. The number of nitrogens with zero attached hydrogens (tertiary/aromatic N) is 2. The first-order valence-corrected chi connectivity index (χ1v) is 11.8. The van der Waals surface area contributed by atoms with E-state index in [1.165, 1.54) is 13.2 Å². The molecule has 0 fully saturated rings. The highest BCUT2D eigenvalue weighted by Gasteiger charge is 2.36. The van der Waals surface area contributed by atoms with E-state index in [4.69, 9.17) is 0 Å². The molecule has 0 radical (unpaired) electrons. The second-order valence-electron chi connectivity index (χ2n) is 8.20. The smallest absolute Gasteiger partial charge is 0.417 e. The molecule has 0 N–H and O–H groups in total. The van der Waals surface area contributed by atoms with Gasteiger partial charge in [0, 0.05) is 11.6 Å². The van der Waals surface area contributed by atoms with Crippen LogP contribution in [0.5, 0.6) is 0 Å². The first-order chi connectivity index (χ1) is 18.0. The highest BCUT2D eigenvalue weighted by atomic mass is 32.1. The zero-order valence-electron chi connectivity index (χ0n) is 19.6. The van der Waals surface area contributed by atoms with Gasteiger partial charge in [0.25, 0.3) is 5.56 Å². The van der Waals surface area contributed by atoms with E-state index >= 15 is 0 Å². The summed E-state index contributed by atoms with van der Waals surface area (Å²) in [7, 11) is 1.28. The van der Waals surface area contributed by atoms with Crippen molar-refractivity contribution < 1.29 is 31.5 Å². The van der Waals surface area contributed by atoms with Crippen LogP contribution in [0.25, 0.3) is 21.7 Å². The molecule has 0 atom stereocenters. The Labute approximate surface area is 217 Å². The van der Waals surface area contributed by atoms with E-state index in [1.54, 1.807) is 35.7 Å². The maximum absolute atomic E-state index is 14.4. The number of carbonyl (C=O) groups excluding carboxylic acids is 1. The number of hydrogen-bond acceptors (Lipinski definition) is 5.